The van der Waals surface area contributed by atoms with Gasteiger partial charge < -0.3 is 4.74 Å². The quantitative estimate of drug-likeness (QED) is 0.280. The Kier molecular flexibility index (Phi) is 9.59. The van der Waals surface area contributed by atoms with Crippen molar-refractivity contribution >= 4 is 5.97 Å². The lowest BCUT2D eigenvalue weighted by Crippen LogP contribution is -2.30. The zero-order chi connectivity index (χ0) is 19.5. The smallest absolute Gasteiger partial charge is 0.309 e. The van der Waals surface area contributed by atoms with E-state index in [1.807, 2.05) is 6.08 Å². The third-order valence-corrected chi connectivity index (χ3v) is 6.18. The maximum atomic E-state index is 12.7. The maximum absolute atomic E-state index is 12.7. The molecule has 0 N–H and O–H groups in total. The molecule has 2 rings (SSSR count). The predicted octanol–water partition coefficient (Wildman–Crippen LogP) is 6.41. The Morgan fingerprint density at radius 1 is 1.07 bits per heavy atom. The molecule has 2 aliphatic rings. The van der Waals surface area contributed by atoms with Crippen LogP contribution in [0.5, 0.6) is 0 Å². The highest BCUT2D eigenvalue weighted by Gasteiger charge is 2.30. The third kappa shape index (κ3) is 7.87. The standard InChI is InChI=1S/C23H34FNO2/c1-2-6-18-9-13-20(14-10-18)23(26)27-22-15-11-19(12-16-22)7-4-3-5-8-21(24)17-25/h3,5,8,18-20,22H,2,4,6-7,9-16H2,1H3/b5-3+,21-8?/t18-,19?,20-,22?. The monoisotopic (exact) mass is 375 g/mol. The van der Waals surface area contributed by atoms with Crippen molar-refractivity contribution in [2.24, 2.45) is 17.8 Å². The molecule has 27 heavy (non-hydrogen) atoms. The second-order valence-electron chi connectivity index (χ2n) is 8.22. The lowest BCUT2D eigenvalue weighted by Gasteiger charge is -2.31. The number of rotatable bonds is 8. The molecule has 0 saturated heterocycles. The van der Waals surface area contributed by atoms with E-state index in [4.69, 9.17) is 10.00 Å². The Labute approximate surface area is 163 Å². The fraction of sp³-hybridized carbons (Fsp3) is 0.739. The van der Waals surface area contributed by atoms with E-state index in [-0.39, 0.29) is 18.0 Å². The van der Waals surface area contributed by atoms with E-state index in [1.165, 1.54) is 37.8 Å². The van der Waals surface area contributed by atoms with Crippen LogP contribution in [-0.4, -0.2) is 12.1 Å². The fourth-order valence-corrected chi connectivity index (χ4v) is 4.51. The van der Waals surface area contributed by atoms with Gasteiger partial charge in [-0.15, -0.1) is 0 Å². The first kappa shape index (κ1) is 21.7. The summed E-state index contributed by atoms with van der Waals surface area (Å²) in [5.41, 5.74) is 0. The molecular formula is C23H34FNO2. The van der Waals surface area contributed by atoms with Gasteiger partial charge in [0.25, 0.3) is 0 Å². The van der Waals surface area contributed by atoms with Crippen LogP contribution in [0.4, 0.5) is 4.39 Å². The Bertz CT molecular complexity index is 547. The summed E-state index contributed by atoms with van der Waals surface area (Å²) in [6.45, 7) is 2.23. The van der Waals surface area contributed by atoms with Gasteiger partial charge in [0.05, 0.1) is 5.92 Å². The van der Waals surface area contributed by atoms with E-state index in [0.717, 1.165) is 57.3 Å². The Morgan fingerprint density at radius 2 is 1.70 bits per heavy atom. The molecule has 2 aliphatic carbocycles. The molecule has 0 heterocycles. The van der Waals surface area contributed by atoms with Crippen LogP contribution < -0.4 is 0 Å². The van der Waals surface area contributed by atoms with Gasteiger partial charge in [0.2, 0.25) is 0 Å². The molecule has 0 unspecified atom stereocenters. The van der Waals surface area contributed by atoms with Crippen molar-refractivity contribution in [2.45, 2.75) is 90.1 Å². The normalized spacial score (nSPS) is 29.4. The lowest BCUT2D eigenvalue weighted by molar-refractivity contribution is -0.157. The number of hydrogen-bond acceptors (Lipinski definition) is 3. The summed E-state index contributed by atoms with van der Waals surface area (Å²) < 4.78 is 18.5. The van der Waals surface area contributed by atoms with Crippen LogP contribution in [0, 0.1) is 29.1 Å². The summed E-state index contributed by atoms with van der Waals surface area (Å²) in [7, 11) is 0. The average Bonchev–Trinajstić information content (AvgIpc) is 2.69. The summed E-state index contributed by atoms with van der Waals surface area (Å²) >= 11 is 0. The van der Waals surface area contributed by atoms with Gasteiger partial charge >= 0.3 is 5.97 Å². The van der Waals surface area contributed by atoms with Crippen molar-refractivity contribution in [1.29, 1.82) is 5.26 Å². The number of ether oxygens (including phenoxy) is 1. The highest BCUT2D eigenvalue weighted by Crippen LogP contribution is 2.34. The van der Waals surface area contributed by atoms with Crippen molar-refractivity contribution in [1.82, 2.24) is 0 Å². The van der Waals surface area contributed by atoms with E-state index in [9.17, 15) is 9.18 Å². The van der Waals surface area contributed by atoms with Crippen LogP contribution in [0.3, 0.4) is 0 Å². The average molecular weight is 376 g/mol. The number of carbonyl (C=O) groups is 1. The molecule has 0 bridgehead atoms. The van der Waals surface area contributed by atoms with Crippen molar-refractivity contribution in [2.75, 3.05) is 0 Å². The summed E-state index contributed by atoms with van der Waals surface area (Å²) in [4.78, 5) is 12.4. The minimum atomic E-state index is -0.757. The molecule has 0 amide bonds. The molecule has 0 aromatic rings. The molecular weight excluding hydrogens is 341 g/mol. The summed E-state index contributed by atoms with van der Waals surface area (Å²) in [5.74, 6) is 0.882. The summed E-state index contributed by atoms with van der Waals surface area (Å²) in [6, 6.07) is 1.46. The first-order valence-corrected chi connectivity index (χ1v) is 10.7. The molecule has 4 heteroatoms. The van der Waals surface area contributed by atoms with Crippen LogP contribution in [0.2, 0.25) is 0 Å². The number of allylic oxidation sites excluding steroid dienone is 4. The Balaban J connectivity index is 1.60. The zero-order valence-corrected chi connectivity index (χ0v) is 16.7. The van der Waals surface area contributed by atoms with Gasteiger partial charge in [-0.1, -0.05) is 31.9 Å². The van der Waals surface area contributed by atoms with Crippen LogP contribution in [-0.2, 0) is 9.53 Å². The first-order valence-electron chi connectivity index (χ1n) is 10.7. The van der Waals surface area contributed by atoms with E-state index in [0.29, 0.717) is 5.92 Å². The molecule has 3 nitrogen and oxygen atoms in total. The highest BCUT2D eigenvalue weighted by molar-refractivity contribution is 5.72. The van der Waals surface area contributed by atoms with Gasteiger partial charge in [0.15, 0.2) is 5.83 Å². The number of nitrogens with zero attached hydrogens (tertiary/aromatic N) is 1. The van der Waals surface area contributed by atoms with E-state index < -0.39 is 5.83 Å². The van der Waals surface area contributed by atoms with Crippen LogP contribution >= 0.6 is 0 Å². The largest absolute Gasteiger partial charge is 0.462 e. The fourth-order valence-electron chi connectivity index (χ4n) is 4.51. The van der Waals surface area contributed by atoms with Gasteiger partial charge in [0.1, 0.15) is 12.2 Å². The molecule has 0 spiro atoms. The Hall–Kier alpha value is -1.63. The zero-order valence-electron chi connectivity index (χ0n) is 16.7. The molecule has 2 fully saturated rings. The van der Waals surface area contributed by atoms with Gasteiger partial charge in [-0.25, -0.2) is 0 Å². The number of nitriles is 1. The maximum Gasteiger partial charge on any atom is 0.309 e. The van der Waals surface area contributed by atoms with Gasteiger partial charge in [-0.05, 0) is 82.1 Å². The SMILES string of the molecule is CCC[C@H]1CC[C@H](C(=O)OC2CCC(CC/C=C/C=C(F)C#N)CC2)CC1. The van der Waals surface area contributed by atoms with E-state index >= 15 is 0 Å². The van der Waals surface area contributed by atoms with E-state index in [2.05, 4.69) is 6.92 Å². The molecule has 0 aromatic heterocycles. The molecule has 150 valence electrons. The van der Waals surface area contributed by atoms with E-state index in [1.54, 1.807) is 6.08 Å². The highest BCUT2D eigenvalue weighted by atomic mass is 19.1. The minimum absolute atomic E-state index is 0.0441. The van der Waals surface area contributed by atoms with Gasteiger partial charge in [-0.3, -0.25) is 4.79 Å². The summed E-state index contributed by atoms with van der Waals surface area (Å²) in [6.07, 6.45) is 17.8. The molecule has 0 atom stereocenters. The molecule has 2 saturated carbocycles. The molecule has 0 radical (unpaired) electrons. The third-order valence-electron chi connectivity index (χ3n) is 6.18. The van der Waals surface area contributed by atoms with Gasteiger partial charge in [0, 0.05) is 0 Å². The number of carbonyl (C=O) groups excluding carboxylic acids is 1. The van der Waals surface area contributed by atoms with Crippen molar-refractivity contribution in [3.8, 4) is 6.07 Å². The number of halogens is 1. The van der Waals surface area contributed by atoms with Gasteiger partial charge in [-0.2, -0.15) is 9.65 Å². The number of esters is 1. The van der Waals surface area contributed by atoms with Crippen molar-refractivity contribution in [3.63, 3.8) is 0 Å². The summed E-state index contributed by atoms with van der Waals surface area (Å²) in [5, 5.41) is 8.34. The Morgan fingerprint density at radius 3 is 2.33 bits per heavy atom. The van der Waals surface area contributed by atoms with Crippen LogP contribution in [0.1, 0.15) is 84.0 Å². The minimum Gasteiger partial charge on any atom is -0.462 e. The van der Waals surface area contributed by atoms with Crippen LogP contribution in [0.15, 0.2) is 24.1 Å². The molecule has 0 aromatic carbocycles. The second kappa shape index (κ2) is 12.0. The first-order chi connectivity index (χ1) is 13.1. The van der Waals surface area contributed by atoms with Crippen molar-refractivity contribution in [3.05, 3.63) is 24.1 Å². The lowest BCUT2D eigenvalue weighted by atomic mass is 9.80. The topological polar surface area (TPSA) is 50.1 Å². The second-order valence-corrected chi connectivity index (χ2v) is 8.22. The molecule has 0 aliphatic heterocycles. The van der Waals surface area contributed by atoms with Crippen LogP contribution in [0.25, 0.3) is 0 Å². The van der Waals surface area contributed by atoms with Crippen molar-refractivity contribution < 1.29 is 13.9 Å². The predicted molar refractivity (Wildman–Crippen MR) is 105 cm³/mol. The number of hydrogen-bond donors (Lipinski definition) is 0.